The number of para-hydroxylation sites is 2. The Morgan fingerprint density at radius 2 is 1.62 bits per heavy atom. The number of methoxy groups -OCH3 is 1. The van der Waals surface area contributed by atoms with Crippen LogP contribution in [-0.4, -0.2) is 86.5 Å². The molecule has 0 bridgehead atoms. The summed E-state index contributed by atoms with van der Waals surface area (Å²) >= 11 is 0. The monoisotopic (exact) mass is 465 g/mol. The van der Waals surface area contributed by atoms with Gasteiger partial charge in [-0.1, -0.05) is 30.3 Å². The number of likely N-dealkylation sites (tertiary alicyclic amines) is 1. The van der Waals surface area contributed by atoms with Crippen molar-refractivity contribution in [3.05, 3.63) is 60.2 Å². The Labute approximate surface area is 202 Å². The van der Waals surface area contributed by atoms with Crippen LogP contribution >= 0.6 is 0 Å². The summed E-state index contributed by atoms with van der Waals surface area (Å²) in [5.74, 6) is 1.43. The minimum atomic E-state index is -0.438. The van der Waals surface area contributed by atoms with Crippen molar-refractivity contribution in [2.45, 2.75) is 19.3 Å². The molecule has 2 amide bonds. The molecular weight excluding hydrogens is 430 g/mol. The van der Waals surface area contributed by atoms with Gasteiger partial charge in [-0.05, 0) is 44.2 Å². The predicted octanol–water partition coefficient (Wildman–Crippen LogP) is 3.16. The Balaban J connectivity index is 1.53. The highest BCUT2D eigenvalue weighted by molar-refractivity contribution is 5.97. The van der Waals surface area contributed by atoms with Gasteiger partial charge in [-0.2, -0.15) is 0 Å². The molecule has 0 radical (unpaired) electrons. The molecule has 34 heavy (non-hydrogen) atoms. The van der Waals surface area contributed by atoms with Crippen molar-refractivity contribution in [2.75, 3.05) is 60.0 Å². The van der Waals surface area contributed by atoms with E-state index in [1.807, 2.05) is 52.3 Å². The smallest absolute Gasteiger partial charge is 0.257 e. The maximum Gasteiger partial charge on any atom is 0.257 e. The number of hydrogen-bond donors (Lipinski definition) is 0. The van der Waals surface area contributed by atoms with E-state index >= 15 is 0 Å². The summed E-state index contributed by atoms with van der Waals surface area (Å²) in [4.78, 5) is 32.9. The van der Waals surface area contributed by atoms with E-state index in [4.69, 9.17) is 9.47 Å². The number of benzene rings is 2. The molecule has 2 aliphatic heterocycles. The predicted molar refractivity (Wildman–Crippen MR) is 131 cm³/mol. The number of piperidine rings is 1. The number of hydrogen-bond acceptors (Lipinski definition) is 5. The SMILES string of the molecule is COc1ccccc1C(=O)N1CCC[C@](COc2ccccc2)(CC(=O)N2CCN(C)CC2)C1. The maximum absolute atomic E-state index is 13.5. The molecule has 1 atom stereocenters. The highest BCUT2D eigenvalue weighted by Crippen LogP contribution is 2.36. The van der Waals surface area contributed by atoms with Crippen LogP contribution in [0.5, 0.6) is 11.5 Å². The summed E-state index contributed by atoms with van der Waals surface area (Å²) in [5.41, 5.74) is 0.113. The van der Waals surface area contributed by atoms with Crippen LogP contribution < -0.4 is 9.47 Å². The van der Waals surface area contributed by atoms with Gasteiger partial charge >= 0.3 is 0 Å². The first-order valence-corrected chi connectivity index (χ1v) is 12.1. The number of carbonyl (C=O) groups excluding carboxylic acids is 2. The fourth-order valence-corrected chi connectivity index (χ4v) is 4.93. The summed E-state index contributed by atoms with van der Waals surface area (Å²) in [5, 5.41) is 0. The molecule has 0 saturated carbocycles. The third kappa shape index (κ3) is 5.70. The maximum atomic E-state index is 13.5. The molecule has 182 valence electrons. The average Bonchev–Trinajstić information content (AvgIpc) is 2.88. The summed E-state index contributed by atoms with van der Waals surface area (Å²) < 4.78 is 11.6. The van der Waals surface area contributed by atoms with Crippen molar-refractivity contribution in [1.29, 1.82) is 0 Å². The second-order valence-electron chi connectivity index (χ2n) is 9.49. The number of carbonyl (C=O) groups is 2. The van der Waals surface area contributed by atoms with Crippen LogP contribution in [0.15, 0.2) is 54.6 Å². The number of nitrogens with zero attached hydrogens (tertiary/aromatic N) is 3. The van der Waals surface area contributed by atoms with Crippen LogP contribution in [-0.2, 0) is 4.79 Å². The molecule has 2 saturated heterocycles. The molecule has 7 heteroatoms. The van der Waals surface area contributed by atoms with E-state index in [1.54, 1.807) is 19.2 Å². The van der Waals surface area contributed by atoms with Crippen molar-refractivity contribution >= 4 is 11.8 Å². The topological polar surface area (TPSA) is 62.3 Å². The second kappa shape index (κ2) is 10.9. The van der Waals surface area contributed by atoms with Crippen LogP contribution in [0.4, 0.5) is 0 Å². The molecule has 0 unspecified atom stereocenters. The Hall–Kier alpha value is -3.06. The zero-order valence-electron chi connectivity index (χ0n) is 20.2. The van der Waals surface area contributed by atoms with Gasteiger partial charge in [0.1, 0.15) is 11.5 Å². The van der Waals surface area contributed by atoms with E-state index in [0.29, 0.717) is 37.4 Å². The molecule has 2 heterocycles. The zero-order chi connectivity index (χ0) is 24.0. The molecule has 0 N–H and O–H groups in total. The fraction of sp³-hybridized carbons (Fsp3) is 0.481. The van der Waals surface area contributed by atoms with Gasteiger partial charge in [0.2, 0.25) is 5.91 Å². The Bertz CT molecular complexity index is 975. The average molecular weight is 466 g/mol. The minimum absolute atomic E-state index is 0.0618. The van der Waals surface area contributed by atoms with Crippen LogP contribution in [0.1, 0.15) is 29.6 Å². The standard InChI is InChI=1S/C27H35N3O4/c1-28-15-17-29(18-16-28)25(31)19-27(21-34-22-9-4-3-5-10-22)13-8-14-30(20-27)26(32)23-11-6-7-12-24(23)33-2/h3-7,9-12H,8,13-21H2,1-2H3/t27-/m0/s1. The highest BCUT2D eigenvalue weighted by atomic mass is 16.5. The Morgan fingerprint density at radius 3 is 2.35 bits per heavy atom. The molecule has 0 spiro atoms. The van der Waals surface area contributed by atoms with Crippen molar-refractivity contribution in [3.63, 3.8) is 0 Å². The van der Waals surface area contributed by atoms with E-state index in [9.17, 15) is 9.59 Å². The molecule has 2 aliphatic rings. The lowest BCUT2D eigenvalue weighted by Crippen LogP contribution is -2.53. The summed E-state index contributed by atoms with van der Waals surface area (Å²) in [7, 11) is 3.66. The largest absolute Gasteiger partial charge is 0.496 e. The van der Waals surface area contributed by atoms with Crippen molar-refractivity contribution in [1.82, 2.24) is 14.7 Å². The molecule has 2 fully saturated rings. The molecule has 7 nitrogen and oxygen atoms in total. The zero-order valence-corrected chi connectivity index (χ0v) is 20.2. The first-order chi connectivity index (χ1) is 16.5. The van der Waals surface area contributed by atoms with Gasteiger partial charge < -0.3 is 24.2 Å². The van der Waals surface area contributed by atoms with Gasteiger partial charge in [-0.15, -0.1) is 0 Å². The molecule has 2 aromatic rings. The third-order valence-corrected chi connectivity index (χ3v) is 6.96. The van der Waals surface area contributed by atoms with E-state index in [2.05, 4.69) is 11.9 Å². The Kier molecular flexibility index (Phi) is 7.73. The quantitative estimate of drug-likeness (QED) is 0.629. The lowest BCUT2D eigenvalue weighted by molar-refractivity contribution is -0.137. The van der Waals surface area contributed by atoms with Gasteiger partial charge in [0.05, 0.1) is 19.3 Å². The highest BCUT2D eigenvalue weighted by Gasteiger charge is 2.41. The third-order valence-electron chi connectivity index (χ3n) is 6.96. The first-order valence-electron chi connectivity index (χ1n) is 12.1. The number of likely N-dealkylation sites (N-methyl/N-ethyl adjacent to an activating group) is 1. The number of amides is 2. The van der Waals surface area contributed by atoms with E-state index in [0.717, 1.165) is 44.8 Å². The minimum Gasteiger partial charge on any atom is -0.496 e. The van der Waals surface area contributed by atoms with Gasteiger partial charge in [0, 0.05) is 51.1 Å². The number of piperazine rings is 1. The van der Waals surface area contributed by atoms with Crippen LogP contribution in [0.3, 0.4) is 0 Å². The van der Waals surface area contributed by atoms with Gasteiger partial charge in [0.25, 0.3) is 5.91 Å². The van der Waals surface area contributed by atoms with Gasteiger partial charge in [-0.25, -0.2) is 0 Å². The molecule has 0 aliphatic carbocycles. The normalized spacial score (nSPS) is 21.2. The van der Waals surface area contributed by atoms with E-state index in [1.165, 1.54) is 0 Å². The first kappa shape index (κ1) is 24.1. The van der Waals surface area contributed by atoms with Crippen molar-refractivity contribution in [3.8, 4) is 11.5 Å². The van der Waals surface area contributed by atoms with Crippen LogP contribution in [0.25, 0.3) is 0 Å². The van der Waals surface area contributed by atoms with Gasteiger partial charge in [0.15, 0.2) is 0 Å². The number of ether oxygens (including phenoxy) is 2. The lowest BCUT2D eigenvalue weighted by Gasteiger charge is -2.43. The lowest BCUT2D eigenvalue weighted by atomic mass is 9.77. The molecule has 0 aromatic heterocycles. The fourth-order valence-electron chi connectivity index (χ4n) is 4.93. The van der Waals surface area contributed by atoms with Crippen molar-refractivity contribution in [2.24, 2.45) is 5.41 Å². The van der Waals surface area contributed by atoms with Gasteiger partial charge in [-0.3, -0.25) is 9.59 Å². The van der Waals surface area contributed by atoms with E-state index < -0.39 is 5.41 Å². The second-order valence-corrected chi connectivity index (χ2v) is 9.49. The van der Waals surface area contributed by atoms with Crippen LogP contribution in [0.2, 0.25) is 0 Å². The molecule has 2 aromatic carbocycles. The van der Waals surface area contributed by atoms with E-state index in [-0.39, 0.29) is 11.8 Å². The van der Waals surface area contributed by atoms with Crippen LogP contribution in [0, 0.1) is 5.41 Å². The summed E-state index contributed by atoms with van der Waals surface area (Å²) in [6, 6.07) is 17.0. The molecular formula is C27H35N3O4. The number of rotatable bonds is 7. The Morgan fingerprint density at radius 1 is 0.912 bits per heavy atom. The summed E-state index contributed by atoms with van der Waals surface area (Å²) in [6.07, 6.45) is 2.04. The summed E-state index contributed by atoms with van der Waals surface area (Å²) in [6.45, 7) is 4.80. The molecule has 4 rings (SSSR count). The van der Waals surface area contributed by atoms with Crippen molar-refractivity contribution < 1.29 is 19.1 Å².